The first-order chi connectivity index (χ1) is 6.43. The number of imidazole rings is 1. The van der Waals surface area contributed by atoms with Gasteiger partial charge in [0.1, 0.15) is 10.4 Å². The normalized spacial score (nSPS) is 10.3. The Kier molecular flexibility index (Phi) is 3.15. The first-order valence-electron chi connectivity index (χ1n) is 4.05. The fourth-order valence-electron chi connectivity index (χ4n) is 1.08. The van der Waals surface area contributed by atoms with Gasteiger partial charge in [0.05, 0.1) is 12.2 Å². The van der Waals surface area contributed by atoms with E-state index in [0.29, 0.717) is 11.1 Å². The van der Waals surface area contributed by atoms with E-state index < -0.39 is 6.09 Å². The highest BCUT2D eigenvalue weighted by molar-refractivity contribution is 9.10. The van der Waals surface area contributed by atoms with Crippen molar-refractivity contribution >= 4 is 22.0 Å². The SMILES string of the molecule is Cc1nc(Br)c(CN(C)C(=O)O)n1C. The Balaban J connectivity index is 2.91. The average Bonchev–Trinajstić information content (AvgIpc) is 2.32. The van der Waals surface area contributed by atoms with Gasteiger partial charge in [0.25, 0.3) is 0 Å². The number of aryl methyl sites for hydroxylation is 1. The predicted molar refractivity (Wildman–Crippen MR) is 55.1 cm³/mol. The molecule has 0 bridgehead atoms. The van der Waals surface area contributed by atoms with Crippen LogP contribution in [-0.2, 0) is 13.6 Å². The molecule has 0 spiro atoms. The number of halogens is 1. The molecule has 1 N–H and O–H groups in total. The molecule has 1 aromatic rings. The van der Waals surface area contributed by atoms with Crippen LogP contribution in [0.2, 0.25) is 0 Å². The zero-order valence-corrected chi connectivity index (χ0v) is 9.87. The van der Waals surface area contributed by atoms with Gasteiger partial charge < -0.3 is 14.6 Å². The maximum absolute atomic E-state index is 10.6. The van der Waals surface area contributed by atoms with Gasteiger partial charge in [-0.2, -0.15) is 0 Å². The lowest BCUT2D eigenvalue weighted by atomic mass is 10.4. The van der Waals surface area contributed by atoms with E-state index in [-0.39, 0.29) is 0 Å². The molecular weight excluding hydrogens is 250 g/mol. The van der Waals surface area contributed by atoms with Crippen molar-refractivity contribution in [1.29, 1.82) is 0 Å². The van der Waals surface area contributed by atoms with Crippen LogP contribution in [0.4, 0.5) is 4.79 Å². The van der Waals surface area contributed by atoms with Gasteiger partial charge in [-0.05, 0) is 22.9 Å². The van der Waals surface area contributed by atoms with Gasteiger partial charge in [-0.25, -0.2) is 9.78 Å². The minimum Gasteiger partial charge on any atom is -0.465 e. The quantitative estimate of drug-likeness (QED) is 0.880. The Bertz CT molecular complexity index is 362. The maximum Gasteiger partial charge on any atom is 0.407 e. The topological polar surface area (TPSA) is 58.4 Å². The molecule has 0 aromatic carbocycles. The second kappa shape index (κ2) is 4.00. The van der Waals surface area contributed by atoms with Crippen molar-refractivity contribution in [2.75, 3.05) is 7.05 Å². The van der Waals surface area contributed by atoms with Crippen molar-refractivity contribution in [1.82, 2.24) is 14.5 Å². The van der Waals surface area contributed by atoms with Crippen LogP contribution >= 0.6 is 15.9 Å². The molecule has 1 amide bonds. The minimum atomic E-state index is -0.948. The van der Waals surface area contributed by atoms with Crippen LogP contribution in [0.5, 0.6) is 0 Å². The molecule has 1 rings (SSSR count). The van der Waals surface area contributed by atoms with Gasteiger partial charge in [-0.3, -0.25) is 0 Å². The van der Waals surface area contributed by atoms with Gasteiger partial charge in [0.2, 0.25) is 0 Å². The van der Waals surface area contributed by atoms with Gasteiger partial charge in [0.15, 0.2) is 0 Å². The summed E-state index contributed by atoms with van der Waals surface area (Å²) in [5.74, 6) is 0.852. The van der Waals surface area contributed by atoms with Gasteiger partial charge in [-0.15, -0.1) is 0 Å². The summed E-state index contributed by atoms with van der Waals surface area (Å²) in [5, 5.41) is 8.71. The third-order valence-electron chi connectivity index (χ3n) is 2.10. The lowest BCUT2D eigenvalue weighted by molar-refractivity contribution is 0.153. The number of carbonyl (C=O) groups is 1. The van der Waals surface area contributed by atoms with Crippen molar-refractivity contribution < 1.29 is 9.90 Å². The summed E-state index contributed by atoms with van der Waals surface area (Å²) in [4.78, 5) is 16.0. The number of hydrogen-bond donors (Lipinski definition) is 1. The number of hydrogen-bond acceptors (Lipinski definition) is 2. The Morgan fingerprint density at radius 1 is 1.71 bits per heavy atom. The summed E-state index contributed by atoms with van der Waals surface area (Å²) < 4.78 is 2.56. The van der Waals surface area contributed by atoms with E-state index in [4.69, 9.17) is 5.11 Å². The van der Waals surface area contributed by atoms with Crippen molar-refractivity contribution in [2.24, 2.45) is 7.05 Å². The smallest absolute Gasteiger partial charge is 0.407 e. The zero-order valence-electron chi connectivity index (χ0n) is 8.28. The number of carboxylic acid groups (broad SMARTS) is 1. The summed E-state index contributed by atoms with van der Waals surface area (Å²) in [6.07, 6.45) is -0.948. The minimum absolute atomic E-state index is 0.327. The molecule has 0 fully saturated rings. The fourth-order valence-corrected chi connectivity index (χ4v) is 1.73. The van der Waals surface area contributed by atoms with Crippen LogP contribution in [0.25, 0.3) is 0 Å². The molecule has 1 heterocycles. The van der Waals surface area contributed by atoms with E-state index in [1.165, 1.54) is 11.9 Å². The van der Waals surface area contributed by atoms with Crippen LogP contribution < -0.4 is 0 Å². The van der Waals surface area contributed by atoms with Crippen LogP contribution in [0.15, 0.2) is 4.60 Å². The number of amides is 1. The highest BCUT2D eigenvalue weighted by Crippen LogP contribution is 2.17. The number of nitrogens with zero attached hydrogens (tertiary/aromatic N) is 3. The molecular formula is C8H12BrN3O2. The zero-order chi connectivity index (χ0) is 10.9. The van der Waals surface area contributed by atoms with Gasteiger partial charge >= 0.3 is 6.09 Å². The van der Waals surface area contributed by atoms with Crippen molar-refractivity contribution in [2.45, 2.75) is 13.5 Å². The van der Waals surface area contributed by atoms with Crippen LogP contribution in [0.1, 0.15) is 11.5 Å². The Morgan fingerprint density at radius 2 is 2.29 bits per heavy atom. The van der Waals surface area contributed by atoms with Crippen LogP contribution in [0, 0.1) is 6.92 Å². The summed E-state index contributed by atoms with van der Waals surface area (Å²) in [6.45, 7) is 2.20. The summed E-state index contributed by atoms with van der Waals surface area (Å²) in [6, 6.07) is 0. The molecule has 0 atom stereocenters. The van der Waals surface area contributed by atoms with Crippen LogP contribution in [-0.4, -0.2) is 32.7 Å². The van der Waals surface area contributed by atoms with Crippen molar-refractivity contribution in [3.8, 4) is 0 Å². The van der Waals surface area contributed by atoms with Gasteiger partial charge in [0, 0.05) is 14.1 Å². The van der Waals surface area contributed by atoms with E-state index in [9.17, 15) is 4.79 Å². The van der Waals surface area contributed by atoms with Crippen molar-refractivity contribution in [3.63, 3.8) is 0 Å². The number of rotatable bonds is 2. The second-order valence-corrected chi connectivity index (χ2v) is 3.85. The molecule has 5 nitrogen and oxygen atoms in total. The standard InChI is InChI=1S/C8H12BrN3O2/c1-5-10-7(9)6(12(5)3)4-11(2)8(13)14/h4H2,1-3H3,(H,13,14). The van der Waals surface area contributed by atoms with E-state index in [1.807, 2.05) is 18.5 Å². The van der Waals surface area contributed by atoms with E-state index in [2.05, 4.69) is 20.9 Å². The Morgan fingerprint density at radius 3 is 2.64 bits per heavy atom. The predicted octanol–water partition coefficient (Wildman–Crippen LogP) is 1.60. The largest absolute Gasteiger partial charge is 0.465 e. The lowest BCUT2D eigenvalue weighted by Crippen LogP contribution is -2.25. The molecule has 14 heavy (non-hydrogen) atoms. The molecule has 0 aliphatic carbocycles. The van der Waals surface area contributed by atoms with Crippen molar-refractivity contribution in [3.05, 3.63) is 16.1 Å². The third kappa shape index (κ3) is 2.06. The maximum atomic E-state index is 10.6. The first-order valence-corrected chi connectivity index (χ1v) is 4.84. The molecule has 1 aromatic heterocycles. The highest BCUT2D eigenvalue weighted by Gasteiger charge is 2.14. The highest BCUT2D eigenvalue weighted by atomic mass is 79.9. The molecule has 0 radical (unpaired) electrons. The Hall–Kier alpha value is -1.04. The van der Waals surface area contributed by atoms with Crippen LogP contribution in [0.3, 0.4) is 0 Å². The molecule has 0 aliphatic rings. The summed E-state index contributed by atoms with van der Waals surface area (Å²) in [5.41, 5.74) is 0.854. The lowest BCUT2D eigenvalue weighted by Gasteiger charge is -2.13. The molecule has 0 saturated carbocycles. The number of aromatic nitrogens is 2. The molecule has 0 aliphatic heterocycles. The van der Waals surface area contributed by atoms with E-state index in [0.717, 1.165) is 11.5 Å². The fraction of sp³-hybridized carbons (Fsp3) is 0.500. The van der Waals surface area contributed by atoms with E-state index >= 15 is 0 Å². The molecule has 0 saturated heterocycles. The average molecular weight is 262 g/mol. The monoisotopic (exact) mass is 261 g/mol. The second-order valence-electron chi connectivity index (χ2n) is 3.09. The molecule has 78 valence electrons. The Labute approximate surface area is 90.5 Å². The third-order valence-corrected chi connectivity index (χ3v) is 2.74. The first kappa shape index (κ1) is 11.0. The summed E-state index contributed by atoms with van der Waals surface area (Å²) in [7, 11) is 3.38. The van der Waals surface area contributed by atoms with Gasteiger partial charge in [-0.1, -0.05) is 0 Å². The summed E-state index contributed by atoms with van der Waals surface area (Å²) >= 11 is 3.29. The molecule has 0 unspecified atom stereocenters. The van der Waals surface area contributed by atoms with E-state index in [1.54, 1.807) is 0 Å². The molecule has 6 heteroatoms.